The molecule has 1 saturated heterocycles. The Morgan fingerprint density at radius 2 is 1.86 bits per heavy atom. The molecule has 4 heterocycles. The summed E-state index contributed by atoms with van der Waals surface area (Å²) < 4.78 is 3.79. The van der Waals surface area contributed by atoms with Crippen LogP contribution in [0, 0.1) is 20.8 Å². The number of hydrogen-bond acceptors (Lipinski definition) is 5. The lowest BCUT2D eigenvalue weighted by atomic mass is 10.1. The van der Waals surface area contributed by atoms with Crippen molar-refractivity contribution in [2.75, 3.05) is 26.2 Å². The Hall–Kier alpha value is -2.74. The number of nitrogens with zero attached hydrogens (tertiary/aromatic N) is 7. The minimum absolute atomic E-state index is 0.0801. The summed E-state index contributed by atoms with van der Waals surface area (Å²) in [4.78, 5) is 22.4. The van der Waals surface area contributed by atoms with Crippen molar-refractivity contribution < 1.29 is 4.79 Å². The summed E-state index contributed by atoms with van der Waals surface area (Å²) in [5, 5.41) is 9.79. The number of piperazine rings is 1. The molecule has 0 spiro atoms. The third-order valence-electron chi connectivity index (χ3n) is 5.93. The monoisotopic (exact) mass is 395 g/mol. The predicted molar refractivity (Wildman–Crippen MR) is 112 cm³/mol. The van der Waals surface area contributed by atoms with Crippen LogP contribution in [0.3, 0.4) is 0 Å². The Labute approximate surface area is 171 Å². The van der Waals surface area contributed by atoms with Crippen LogP contribution in [0.1, 0.15) is 39.9 Å². The normalized spacial score (nSPS) is 15.4. The molecule has 8 heteroatoms. The van der Waals surface area contributed by atoms with Gasteiger partial charge in [-0.05, 0) is 33.8 Å². The second-order valence-corrected chi connectivity index (χ2v) is 7.86. The maximum absolute atomic E-state index is 13.4. The van der Waals surface area contributed by atoms with Gasteiger partial charge in [-0.1, -0.05) is 0 Å². The summed E-state index contributed by atoms with van der Waals surface area (Å²) in [7, 11) is 1.97. The maximum atomic E-state index is 13.4. The molecule has 29 heavy (non-hydrogen) atoms. The van der Waals surface area contributed by atoms with Gasteiger partial charge in [0.25, 0.3) is 5.91 Å². The molecular formula is C21H29N7O. The number of carbonyl (C=O) groups excluding carboxylic acids is 1. The van der Waals surface area contributed by atoms with E-state index in [0.717, 1.165) is 67.3 Å². The number of aryl methyl sites for hydroxylation is 4. The van der Waals surface area contributed by atoms with Crippen molar-refractivity contribution >= 4 is 16.9 Å². The van der Waals surface area contributed by atoms with Gasteiger partial charge in [0, 0.05) is 63.3 Å². The number of pyridine rings is 1. The van der Waals surface area contributed by atoms with Gasteiger partial charge in [0.05, 0.1) is 22.8 Å². The van der Waals surface area contributed by atoms with Crippen molar-refractivity contribution in [2.45, 2.75) is 40.8 Å². The second-order valence-electron chi connectivity index (χ2n) is 7.86. The summed E-state index contributed by atoms with van der Waals surface area (Å²) in [6, 6.07) is 1.91. The Morgan fingerprint density at radius 1 is 1.14 bits per heavy atom. The van der Waals surface area contributed by atoms with E-state index in [2.05, 4.69) is 27.0 Å². The van der Waals surface area contributed by atoms with Crippen molar-refractivity contribution in [3.8, 4) is 0 Å². The molecule has 0 unspecified atom stereocenters. The molecule has 8 nitrogen and oxygen atoms in total. The highest BCUT2D eigenvalue weighted by atomic mass is 16.2. The summed E-state index contributed by atoms with van der Waals surface area (Å²) in [5.41, 5.74) is 5.69. The average molecular weight is 396 g/mol. The van der Waals surface area contributed by atoms with E-state index in [1.165, 1.54) is 11.3 Å². The van der Waals surface area contributed by atoms with Crippen molar-refractivity contribution in [3.63, 3.8) is 0 Å². The van der Waals surface area contributed by atoms with Gasteiger partial charge in [-0.25, -0.2) is 9.67 Å². The van der Waals surface area contributed by atoms with Crippen LogP contribution in [0.5, 0.6) is 0 Å². The number of amides is 1. The molecule has 1 fully saturated rings. The zero-order valence-electron chi connectivity index (χ0n) is 17.9. The van der Waals surface area contributed by atoms with E-state index in [9.17, 15) is 4.79 Å². The first-order chi connectivity index (χ1) is 13.9. The highest BCUT2D eigenvalue weighted by Crippen LogP contribution is 2.24. The molecule has 1 amide bonds. The first kappa shape index (κ1) is 19.6. The SMILES string of the molecule is CCn1nc(C)c2c(C(=O)N3CCN(Cc4cnn(C)c4C)CC3)cc(C)nc21. The number of hydrogen-bond donors (Lipinski definition) is 0. The molecule has 3 aromatic rings. The quantitative estimate of drug-likeness (QED) is 0.676. The lowest BCUT2D eigenvalue weighted by molar-refractivity contribution is 0.0630. The van der Waals surface area contributed by atoms with Crippen LogP contribution < -0.4 is 0 Å². The van der Waals surface area contributed by atoms with Crippen LogP contribution in [0.25, 0.3) is 11.0 Å². The summed E-state index contributed by atoms with van der Waals surface area (Å²) in [6.07, 6.45) is 1.94. The largest absolute Gasteiger partial charge is 0.336 e. The van der Waals surface area contributed by atoms with Gasteiger partial charge >= 0.3 is 0 Å². The lowest BCUT2D eigenvalue weighted by Crippen LogP contribution is -2.48. The molecule has 0 atom stereocenters. The molecule has 0 aliphatic carbocycles. The Kier molecular flexibility index (Phi) is 5.12. The van der Waals surface area contributed by atoms with Gasteiger partial charge < -0.3 is 4.90 Å². The summed E-state index contributed by atoms with van der Waals surface area (Å²) in [5.74, 6) is 0.0801. The number of fused-ring (bicyclic) bond motifs is 1. The van der Waals surface area contributed by atoms with Crippen LogP contribution in [-0.4, -0.2) is 66.4 Å². The van der Waals surface area contributed by atoms with Crippen LogP contribution in [-0.2, 0) is 20.1 Å². The van der Waals surface area contributed by atoms with Crippen molar-refractivity contribution in [1.29, 1.82) is 0 Å². The van der Waals surface area contributed by atoms with E-state index in [1.807, 2.05) is 54.3 Å². The van der Waals surface area contributed by atoms with Gasteiger partial charge in [-0.2, -0.15) is 10.2 Å². The first-order valence-electron chi connectivity index (χ1n) is 10.2. The van der Waals surface area contributed by atoms with E-state index in [0.29, 0.717) is 0 Å². The zero-order valence-corrected chi connectivity index (χ0v) is 17.9. The summed E-state index contributed by atoms with van der Waals surface area (Å²) >= 11 is 0. The molecule has 1 aliphatic heterocycles. The van der Waals surface area contributed by atoms with Crippen LogP contribution in [0.15, 0.2) is 12.3 Å². The van der Waals surface area contributed by atoms with Gasteiger partial charge in [-0.3, -0.25) is 14.4 Å². The second kappa shape index (κ2) is 7.59. The third-order valence-corrected chi connectivity index (χ3v) is 5.93. The predicted octanol–water partition coefficient (Wildman–Crippen LogP) is 2.07. The van der Waals surface area contributed by atoms with Gasteiger partial charge in [-0.15, -0.1) is 0 Å². The van der Waals surface area contributed by atoms with Gasteiger partial charge in [0.15, 0.2) is 5.65 Å². The zero-order chi connectivity index (χ0) is 20.7. The summed E-state index contributed by atoms with van der Waals surface area (Å²) in [6.45, 7) is 12.8. The number of carbonyl (C=O) groups is 1. The molecular weight excluding hydrogens is 366 g/mol. The lowest BCUT2D eigenvalue weighted by Gasteiger charge is -2.34. The fraction of sp³-hybridized carbons (Fsp3) is 0.524. The third kappa shape index (κ3) is 3.53. The molecule has 1 aliphatic rings. The van der Waals surface area contributed by atoms with Gasteiger partial charge in [0.2, 0.25) is 0 Å². The van der Waals surface area contributed by atoms with E-state index >= 15 is 0 Å². The Balaban J connectivity index is 1.51. The maximum Gasteiger partial charge on any atom is 0.254 e. The van der Waals surface area contributed by atoms with E-state index in [1.54, 1.807) is 0 Å². The fourth-order valence-corrected chi connectivity index (χ4v) is 4.09. The number of rotatable bonds is 4. The minimum Gasteiger partial charge on any atom is -0.336 e. The molecule has 0 N–H and O–H groups in total. The standard InChI is InChI=1S/C21H29N7O/c1-6-28-20-19(15(3)24-28)18(11-14(2)23-20)21(29)27-9-7-26(8-10-27)13-17-12-22-25(5)16(17)4/h11-12H,6-10,13H2,1-5H3. The Morgan fingerprint density at radius 3 is 2.48 bits per heavy atom. The molecule has 3 aromatic heterocycles. The van der Waals surface area contributed by atoms with Crippen molar-refractivity contribution in [3.05, 3.63) is 40.5 Å². The van der Waals surface area contributed by atoms with Gasteiger partial charge in [0.1, 0.15) is 0 Å². The van der Waals surface area contributed by atoms with E-state index < -0.39 is 0 Å². The highest BCUT2D eigenvalue weighted by molar-refractivity contribution is 6.06. The molecule has 0 bridgehead atoms. The molecule has 0 aromatic carbocycles. The van der Waals surface area contributed by atoms with Crippen molar-refractivity contribution in [1.82, 2.24) is 34.3 Å². The smallest absolute Gasteiger partial charge is 0.254 e. The first-order valence-corrected chi connectivity index (χ1v) is 10.2. The Bertz CT molecular complexity index is 1060. The molecule has 0 radical (unpaired) electrons. The van der Waals surface area contributed by atoms with E-state index in [4.69, 9.17) is 0 Å². The van der Waals surface area contributed by atoms with Crippen LogP contribution in [0.4, 0.5) is 0 Å². The average Bonchev–Trinajstić information content (AvgIpc) is 3.21. The molecule has 154 valence electrons. The molecule has 4 rings (SSSR count). The van der Waals surface area contributed by atoms with E-state index in [-0.39, 0.29) is 5.91 Å². The van der Waals surface area contributed by atoms with Crippen molar-refractivity contribution in [2.24, 2.45) is 7.05 Å². The molecule has 0 saturated carbocycles. The minimum atomic E-state index is 0.0801. The van der Waals surface area contributed by atoms with Crippen LogP contribution >= 0.6 is 0 Å². The highest BCUT2D eigenvalue weighted by Gasteiger charge is 2.26. The van der Waals surface area contributed by atoms with Crippen LogP contribution in [0.2, 0.25) is 0 Å². The number of aromatic nitrogens is 5. The fourth-order valence-electron chi connectivity index (χ4n) is 4.09. The topological polar surface area (TPSA) is 72.1 Å².